The smallest absolute Gasteiger partial charge is 0.154 e. The lowest BCUT2D eigenvalue weighted by Crippen LogP contribution is -2.06. The van der Waals surface area contributed by atoms with Crippen molar-refractivity contribution < 1.29 is 0 Å². The Labute approximate surface area is 196 Å². The molecule has 0 unspecified atom stereocenters. The third-order valence-electron chi connectivity index (χ3n) is 4.59. The molecule has 0 saturated carbocycles. The van der Waals surface area contributed by atoms with Crippen LogP contribution in [0.4, 0.5) is 5.82 Å². The van der Waals surface area contributed by atoms with E-state index in [0.717, 1.165) is 53.2 Å². The second-order valence-corrected chi connectivity index (χ2v) is 7.40. The Morgan fingerprint density at radius 2 is 1.67 bits per heavy atom. The maximum absolute atomic E-state index is 5.95. The van der Waals surface area contributed by atoms with Gasteiger partial charge in [0.1, 0.15) is 5.82 Å². The number of anilines is 1. The van der Waals surface area contributed by atoms with Crippen molar-refractivity contribution in [2.45, 2.75) is 32.6 Å². The van der Waals surface area contributed by atoms with Crippen LogP contribution in [-0.4, -0.2) is 23.1 Å². The molecule has 0 amide bonds. The molecule has 2 aromatic carbocycles. The zero-order valence-electron chi connectivity index (χ0n) is 17.1. The van der Waals surface area contributed by atoms with Gasteiger partial charge in [-0.2, -0.15) is 0 Å². The standard InChI is InChI=1S/C23H27ClN4.2ClH/c1-17-6-12-20-21(16-17)27-22(13-9-18-7-10-19(24)11-8-18)28-23(20)26-15-5-3-2-4-14-25;;/h6-13,16H,2-5,14-15,25H2,1H3,(H,26,27,28);2*1H. The van der Waals surface area contributed by atoms with Crippen LogP contribution in [0.2, 0.25) is 5.02 Å². The highest BCUT2D eigenvalue weighted by Gasteiger charge is 2.06. The van der Waals surface area contributed by atoms with Crippen LogP contribution < -0.4 is 11.1 Å². The Bertz CT molecular complexity index is 943. The van der Waals surface area contributed by atoms with Crippen molar-refractivity contribution in [1.29, 1.82) is 0 Å². The summed E-state index contributed by atoms with van der Waals surface area (Å²) in [5, 5.41) is 5.28. The summed E-state index contributed by atoms with van der Waals surface area (Å²) in [7, 11) is 0. The summed E-state index contributed by atoms with van der Waals surface area (Å²) >= 11 is 5.95. The van der Waals surface area contributed by atoms with Gasteiger partial charge in [-0.25, -0.2) is 9.97 Å². The van der Waals surface area contributed by atoms with Gasteiger partial charge in [-0.15, -0.1) is 24.8 Å². The fourth-order valence-electron chi connectivity index (χ4n) is 3.04. The van der Waals surface area contributed by atoms with Gasteiger partial charge in [0.25, 0.3) is 0 Å². The van der Waals surface area contributed by atoms with Crippen LogP contribution in [0.5, 0.6) is 0 Å². The Balaban J connectivity index is 0.00000225. The topological polar surface area (TPSA) is 63.8 Å². The van der Waals surface area contributed by atoms with Crippen LogP contribution in [0, 0.1) is 6.92 Å². The van der Waals surface area contributed by atoms with Crippen molar-refractivity contribution in [1.82, 2.24) is 9.97 Å². The number of hydrogen-bond donors (Lipinski definition) is 2. The van der Waals surface area contributed by atoms with Gasteiger partial charge >= 0.3 is 0 Å². The Kier molecular flexibility index (Phi) is 11.7. The molecule has 1 heterocycles. The molecule has 3 rings (SSSR count). The number of nitrogens with zero attached hydrogens (tertiary/aromatic N) is 2. The van der Waals surface area contributed by atoms with Crippen molar-refractivity contribution in [2.24, 2.45) is 5.73 Å². The van der Waals surface area contributed by atoms with E-state index < -0.39 is 0 Å². The summed E-state index contributed by atoms with van der Waals surface area (Å²) < 4.78 is 0. The number of unbranched alkanes of at least 4 members (excludes halogenated alkanes) is 3. The predicted octanol–water partition coefficient (Wildman–Crippen LogP) is 6.54. The molecule has 0 radical (unpaired) electrons. The fraction of sp³-hybridized carbons (Fsp3) is 0.304. The average Bonchev–Trinajstić information content (AvgIpc) is 2.69. The first kappa shape index (κ1) is 26.2. The number of benzene rings is 2. The Morgan fingerprint density at radius 3 is 2.40 bits per heavy atom. The largest absolute Gasteiger partial charge is 0.369 e. The Morgan fingerprint density at radius 1 is 0.933 bits per heavy atom. The number of nitrogens with two attached hydrogens (primary N) is 1. The SMILES string of the molecule is Cc1ccc2c(NCCCCCCN)nc(C=Cc3ccc(Cl)cc3)nc2c1.Cl.Cl. The van der Waals surface area contributed by atoms with Crippen molar-refractivity contribution in [3.63, 3.8) is 0 Å². The van der Waals surface area contributed by atoms with E-state index >= 15 is 0 Å². The molecule has 0 spiro atoms. The molecule has 1 aromatic heterocycles. The number of rotatable bonds is 9. The van der Waals surface area contributed by atoms with E-state index in [2.05, 4.69) is 30.4 Å². The zero-order valence-corrected chi connectivity index (χ0v) is 19.5. The van der Waals surface area contributed by atoms with Gasteiger partial charge in [0.15, 0.2) is 5.82 Å². The lowest BCUT2D eigenvalue weighted by Gasteiger charge is -2.10. The van der Waals surface area contributed by atoms with E-state index in [4.69, 9.17) is 27.3 Å². The van der Waals surface area contributed by atoms with Crippen LogP contribution in [-0.2, 0) is 0 Å². The second kappa shape index (κ2) is 13.5. The molecule has 7 heteroatoms. The zero-order chi connectivity index (χ0) is 19.8. The van der Waals surface area contributed by atoms with Crippen molar-refractivity contribution >= 4 is 65.3 Å². The lowest BCUT2D eigenvalue weighted by atomic mass is 10.1. The predicted molar refractivity (Wildman–Crippen MR) is 135 cm³/mol. The molecule has 3 N–H and O–H groups in total. The molecule has 0 aliphatic heterocycles. The minimum Gasteiger partial charge on any atom is -0.369 e. The highest BCUT2D eigenvalue weighted by atomic mass is 35.5. The molecular weight excluding hydrogens is 439 g/mol. The molecule has 0 bridgehead atoms. The lowest BCUT2D eigenvalue weighted by molar-refractivity contribution is 0.661. The van der Waals surface area contributed by atoms with Crippen LogP contribution >= 0.6 is 36.4 Å². The molecule has 0 aliphatic carbocycles. The summed E-state index contributed by atoms with van der Waals surface area (Å²) in [6.07, 6.45) is 8.50. The average molecular weight is 468 g/mol. The number of nitrogens with one attached hydrogen (secondary N) is 1. The molecule has 0 saturated heterocycles. The first-order valence-electron chi connectivity index (χ1n) is 9.82. The Hall–Kier alpha value is -1.85. The molecule has 0 aliphatic rings. The number of hydrogen-bond acceptors (Lipinski definition) is 4. The number of aryl methyl sites for hydroxylation is 1. The minimum absolute atomic E-state index is 0. The summed E-state index contributed by atoms with van der Waals surface area (Å²) in [5.41, 5.74) is 8.76. The summed E-state index contributed by atoms with van der Waals surface area (Å²) in [6.45, 7) is 3.74. The molecule has 3 aromatic rings. The quantitative estimate of drug-likeness (QED) is 0.351. The van der Waals surface area contributed by atoms with Gasteiger partial charge in [0.05, 0.1) is 5.52 Å². The molecule has 0 atom stereocenters. The van der Waals surface area contributed by atoms with Crippen LogP contribution in [0.3, 0.4) is 0 Å². The van der Waals surface area contributed by atoms with Crippen molar-refractivity contribution in [3.05, 3.63) is 64.4 Å². The number of fused-ring (bicyclic) bond motifs is 1. The van der Waals surface area contributed by atoms with E-state index in [1.807, 2.05) is 36.4 Å². The minimum atomic E-state index is 0. The number of halogens is 3. The van der Waals surface area contributed by atoms with E-state index in [1.54, 1.807) is 0 Å². The van der Waals surface area contributed by atoms with Gasteiger partial charge in [-0.3, -0.25) is 0 Å². The van der Waals surface area contributed by atoms with Gasteiger partial charge in [0, 0.05) is 17.0 Å². The number of aromatic nitrogens is 2. The van der Waals surface area contributed by atoms with Crippen LogP contribution in [0.25, 0.3) is 23.1 Å². The molecular formula is C23H29Cl3N4. The van der Waals surface area contributed by atoms with E-state index in [-0.39, 0.29) is 24.8 Å². The van der Waals surface area contributed by atoms with E-state index in [0.29, 0.717) is 5.82 Å². The summed E-state index contributed by atoms with van der Waals surface area (Å²) in [4.78, 5) is 9.46. The molecule has 162 valence electrons. The molecule has 0 fully saturated rings. The van der Waals surface area contributed by atoms with Gasteiger partial charge in [-0.05, 0) is 67.8 Å². The molecule has 4 nitrogen and oxygen atoms in total. The molecule has 30 heavy (non-hydrogen) atoms. The van der Waals surface area contributed by atoms with Gasteiger partial charge < -0.3 is 11.1 Å². The fourth-order valence-corrected chi connectivity index (χ4v) is 3.17. The van der Waals surface area contributed by atoms with Gasteiger partial charge in [0.2, 0.25) is 0 Å². The second-order valence-electron chi connectivity index (χ2n) is 6.97. The van der Waals surface area contributed by atoms with Gasteiger partial charge in [-0.1, -0.05) is 48.7 Å². The van der Waals surface area contributed by atoms with Crippen LogP contribution in [0.15, 0.2) is 42.5 Å². The highest BCUT2D eigenvalue weighted by Crippen LogP contribution is 2.22. The highest BCUT2D eigenvalue weighted by molar-refractivity contribution is 6.30. The monoisotopic (exact) mass is 466 g/mol. The van der Waals surface area contributed by atoms with E-state index in [9.17, 15) is 0 Å². The summed E-state index contributed by atoms with van der Waals surface area (Å²) in [6, 6.07) is 14.0. The normalized spacial score (nSPS) is 10.6. The first-order chi connectivity index (χ1) is 13.7. The maximum Gasteiger partial charge on any atom is 0.154 e. The van der Waals surface area contributed by atoms with Crippen molar-refractivity contribution in [3.8, 4) is 0 Å². The van der Waals surface area contributed by atoms with Crippen LogP contribution in [0.1, 0.15) is 42.6 Å². The third-order valence-corrected chi connectivity index (χ3v) is 4.84. The third kappa shape index (κ3) is 7.77. The van der Waals surface area contributed by atoms with Crippen molar-refractivity contribution in [2.75, 3.05) is 18.4 Å². The maximum atomic E-state index is 5.95. The van der Waals surface area contributed by atoms with E-state index in [1.165, 1.54) is 18.4 Å². The summed E-state index contributed by atoms with van der Waals surface area (Å²) in [5.74, 6) is 1.58. The first-order valence-corrected chi connectivity index (χ1v) is 10.2.